The van der Waals surface area contributed by atoms with Gasteiger partial charge in [-0.15, -0.1) is 0 Å². The molecule has 3 aromatic rings. The predicted molar refractivity (Wildman–Crippen MR) is 87.7 cm³/mol. The maximum atomic E-state index is 5.96. The second-order valence-corrected chi connectivity index (χ2v) is 5.02. The Kier molecular flexibility index (Phi) is 3.69. The molecule has 3 N–H and O–H groups in total. The van der Waals surface area contributed by atoms with Gasteiger partial charge in [-0.3, -0.25) is 0 Å². The molecule has 3 rings (SSSR count). The Morgan fingerprint density at radius 2 is 1.86 bits per heavy atom. The molecule has 2 aromatic carbocycles. The van der Waals surface area contributed by atoms with E-state index in [0.717, 1.165) is 29.9 Å². The van der Waals surface area contributed by atoms with Crippen LogP contribution in [0.15, 0.2) is 48.8 Å². The number of nitrogen functional groups attached to an aromatic ring is 1. The Morgan fingerprint density at radius 3 is 2.67 bits per heavy atom. The minimum absolute atomic E-state index is 0.551. The fourth-order valence-electron chi connectivity index (χ4n) is 2.43. The number of nitrogens with two attached hydrogens (primary N) is 1. The highest BCUT2D eigenvalue weighted by atomic mass is 15.0. The molecular weight excluding hydrogens is 260 g/mol. The summed E-state index contributed by atoms with van der Waals surface area (Å²) in [5.41, 5.74) is 7.94. The van der Waals surface area contributed by atoms with E-state index in [2.05, 4.69) is 52.5 Å². The first kappa shape index (κ1) is 13.4. The third-order valence-corrected chi connectivity index (χ3v) is 3.49. The summed E-state index contributed by atoms with van der Waals surface area (Å²) >= 11 is 0. The van der Waals surface area contributed by atoms with Crippen molar-refractivity contribution in [2.24, 2.45) is 0 Å². The third kappa shape index (κ3) is 2.79. The van der Waals surface area contributed by atoms with E-state index in [0.29, 0.717) is 5.82 Å². The summed E-state index contributed by atoms with van der Waals surface area (Å²) in [5.74, 6) is 1.34. The lowest BCUT2D eigenvalue weighted by atomic mass is 10.1. The molecule has 0 aliphatic rings. The van der Waals surface area contributed by atoms with Crippen molar-refractivity contribution in [3.05, 3.63) is 54.4 Å². The molecule has 106 valence electrons. The molecule has 0 spiro atoms. The van der Waals surface area contributed by atoms with Gasteiger partial charge in [-0.2, -0.15) is 0 Å². The minimum atomic E-state index is 0.551. The molecule has 1 heterocycles. The SMILES string of the molecule is CCCc1c(N)ncnc1Nc1ccc2ccccc2c1. The molecule has 0 bridgehead atoms. The average Bonchev–Trinajstić information content (AvgIpc) is 2.51. The van der Waals surface area contributed by atoms with Crippen LogP contribution in [0.2, 0.25) is 0 Å². The summed E-state index contributed by atoms with van der Waals surface area (Å²) in [5, 5.41) is 5.78. The van der Waals surface area contributed by atoms with E-state index < -0.39 is 0 Å². The summed E-state index contributed by atoms with van der Waals surface area (Å²) in [6.45, 7) is 2.12. The molecule has 4 nitrogen and oxygen atoms in total. The molecular formula is C17H18N4. The first-order valence-corrected chi connectivity index (χ1v) is 7.13. The Labute approximate surface area is 124 Å². The van der Waals surface area contributed by atoms with Crippen molar-refractivity contribution < 1.29 is 0 Å². The Bertz CT molecular complexity index is 768. The molecule has 21 heavy (non-hydrogen) atoms. The van der Waals surface area contributed by atoms with Crippen molar-refractivity contribution in [2.75, 3.05) is 11.1 Å². The molecule has 0 aliphatic carbocycles. The average molecular weight is 278 g/mol. The Balaban J connectivity index is 1.96. The monoisotopic (exact) mass is 278 g/mol. The lowest BCUT2D eigenvalue weighted by molar-refractivity contribution is 0.908. The molecule has 0 saturated heterocycles. The van der Waals surface area contributed by atoms with Crippen LogP contribution in [-0.2, 0) is 6.42 Å². The van der Waals surface area contributed by atoms with Gasteiger partial charge in [0.05, 0.1) is 0 Å². The highest BCUT2D eigenvalue weighted by molar-refractivity contribution is 5.86. The van der Waals surface area contributed by atoms with Crippen LogP contribution in [0.25, 0.3) is 10.8 Å². The number of hydrogen-bond acceptors (Lipinski definition) is 4. The second-order valence-electron chi connectivity index (χ2n) is 5.02. The van der Waals surface area contributed by atoms with Crippen LogP contribution in [0.5, 0.6) is 0 Å². The van der Waals surface area contributed by atoms with Gasteiger partial charge in [0.25, 0.3) is 0 Å². The smallest absolute Gasteiger partial charge is 0.139 e. The van der Waals surface area contributed by atoms with Crippen LogP contribution in [0.1, 0.15) is 18.9 Å². The maximum absolute atomic E-state index is 5.96. The lowest BCUT2D eigenvalue weighted by Gasteiger charge is -2.12. The maximum Gasteiger partial charge on any atom is 0.139 e. The van der Waals surface area contributed by atoms with Gasteiger partial charge in [-0.1, -0.05) is 43.7 Å². The number of nitrogens with zero attached hydrogens (tertiary/aromatic N) is 2. The number of hydrogen-bond donors (Lipinski definition) is 2. The molecule has 0 radical (unpaired) electrons. The van der Waals surface area contributed by atoms with E-state index in [1.54, 1.807) is 0 Å². The largest absolute Gasteiger partial charge is 0.383 e. The summed E-state index contributed by atoms with van der Waals surface area (Å²) in [7, 11) is 0. The van der Waals surface area contributed by atoms with Gasteiger partial charge < -0.3 is 11.1 Å². The Hall–Kier alpha value is -2.62. The quantitative estimate of drug-likeness (QED) is 0.759. The molecule has 0 aliphatic heterocycles. The third-order valence-electron chi connectivity index (χ3n) is 3.49. The molecule has 4 heteroatoms. The Morgan fingerprint density at radius 1 is 1.05 bits per heavy atom. The van der Waals surface area contributed by atoms with Crippen molar-refractivity contribution in [2.45, 2.75) is 19.8 Å². The van der Waals surface area contributed by atoms with Crippen LogP contribution in [0.4, 0.5) is 17.3 Å². The normalized spacial score (nSPS) is 10.7. The van der Waals surface area contributed by atoms with Crippen molar-refractivity contribution in [3.8, 4) is 0 Å². The van der Waals surface area contributed by atoms with Gasteiger partial charge in [0.15, 0.2) is 0 Å². The van der Waals surface area contributed by atoms with Gasteiger partial charge in [0, 0.05) is 11.3 Å². The fraction of sp³-hybridized carbons (Fsp3) is 0.176. The van der Waals surface area contributed by atoms with Gasteiger partial charge in [-0.05, 0) is 29.3 Å². The molecule has 0 saturated carbocycles. The standard InChI is InChI=1S/C17H18N4/c1-2-5-15-16(18)19-11-20-17(15)21-14-9-8-12-6-3-4-7-13(12)10-14/h3-4,6-11H,2,5H2,1H3,(H3,18,19,20,21). The number of nitrogens with one attached hydrogen (secondary N) is 1. The first-order valence-electron chi connectivity index (χ1n) is 7.13. The van der Waals surface area contributed by atoms with E-state index in [-0.39, 0.29) is 0 Å². The lowest BCUT2D eigenvalue weighted by Crippen LogP contribution is -2.05. The minimum Gasteiger partial charge on any atom is -0.383 e. The summed E-state index contributed by atoms with van der Waals surface area (Å²) < 4.78 is 0. The number of rotatable bonds is 4. The predicted octanol–water partition coefficient (Wildman–Crippen LogP) is 3.91. The summed E-state index contributed by atoms with van der Waals surface area (Å²) in [4.78, 5) is 8.41. The highest BCUT2D eigenvalue weighted by Crippen LogP contribution is 2.25. The van der Waals surface area contributed by atoms with Gasteiger partial charge in [0.1, 0.15) is 18.0 Å². The van der Waals surface area contributed by atoms with Gasteiger partial charge >= 0.3 is 0 Å². The zero-order valence-corrected chi connectivity index (χ0v) is 12.0. The van der Waals surface area contributed by atoms with Crippen LogP contribution < -0.4 is 11.1 Å². The molecule has 1 aromatic heterocycles. The van der Waals surface area contributed by atoms with E-state index in [1.807, 2.05) is 12.1 Å². The zero-order chi connectivity index (χ0) is 14.7. The molecule has 0 unspecified atom stereocenters. The van der Waals surface area contributed by atoms with Crippen molar-refractivity contribution in [1.29, 1.82) is 0 Å². The van der Waals surface area contributed by atoms with Crippen molar-refractivity contribution in [3.63, 3.8) is 0 Å². The number of benzene rings is 2. The van der Waals surface area contributed by atoms with Crippen LogP contribution in [-0.4, -0.2) is 9.97 Å². The first-order chi connectivity index (χ1) is 10.3. The van der Waals surface area contributed by atoms with Gasteiger partial charge in [-0.25, -0.2) is 9.97 Å². The zero-order valence-electron chi connectivity index (χ0n) is 12.0. The molecule has 0 fully saturated rings. The molecule has 0 atom stereocenters. The van der Waals surface area contributed by atoms with E-state index in [1.165, 1.54) is 17.1 Å². The van der Waals surface area contributed by atoms with Crippen molar-refractivity contribution >= 4 is 28.1 Å². The summed E-state index contributed by atoms with van der Waals surface area (Å²) in [6, 6.07) is 14.5. The number of anilines is 3. The topological polar surface area (TPSA) is 63.8 Å². The van der Waals surface area contributed by atoms with Gasteiger partial charge in [0.2, 0.25) is 0 Å². The van der Waals surface area contributed by atoms with E-state index >= 15 is 0 Å². The van der Waals surface area contributed by atoms with E-state index in [4.69, 9.17) is 5.73 Å². The number of aromatic nitrogens is 2. The van der Waals surface area contributed by atoms with E-state index in [9.17, 15) is 0 Å². The van der Waals surface area contributed by atoms with Crippen LogP contribution in [0, 0.1) is 0 Å². The second kappa shape index (κ2) is 5.79. The molecule has 0 amide bonds. The number of fused-ring (bicyclic) bond motifs is 1. The van der Waals surface area contributed by atoms with Crippen molar-refractivity contribution in [1.82, 2.24) is 9.97 Å². The van der Waals surface area contributed by atoms with Crippen LogP contribution >= 0.6 is 0 Å². The van der Waals surface area contributed by atoms with Crippen LogP contribution in [0.3, 0.4) is 0 Å². The summed E-state index contributed by atoms with van der Waals surface area (Å²) in [6.07, 6.45) is 3.37. The fourth-order valence-corrected chi connectivity index (χ4v) is 2.43. The highest BCUT2D eigenvalue weighted by Gasteiger charge is 2.08.